The first-order valence-electron chi connectivity index (χ1n) is 4.83. The summed E-state index contributed by atoms with van der Waals surface area (Å²) in [4.78, 5) is 4.02. The van der Waals surface area contributed by atoms with Crippen LogP contribution < -0.4 is 4.74 Å². The molecule has 1 aromatic heterocycles. The highest BCUT2D eigenvalue weighted by Gasteiger charge is 2.04. The van der Waals surface area contributed by atoms with Gasteiger partial charge in [-0.1, -0.05) is 0 Å². The number of rotatable bonds is 5. The minimum atomic E-state index is -3.41. The topological polar surface area (TPSA) is 65.5 Å². The molecule has 1 rings (SSSR count). The van der Waals surface area contributed by atoms with Crippen molar-refractivity contribution in [3.8, 4) is 5.88 Å². The Morgan fingerprint density at radius 2 is 2.06 bits per heavy atom. The van der Waals surface area contributed by atoms with Gasteiger partial charge in [0.2, 0.25) is 5.88 Å². The van der Waals surface area contributed by atoms with Gasteiger partial charge in [-0.05, 0) is 25.5 Å². The maximum absolute atomic E-state index is 10.7. The van der Waals surface area contributed by atoms with Crippen LogP contribution in [0, 0.1) is 0 Å². The van der Waals surface area contributed by atoms with Gasteiger partial charge in [0.05, 0.1) is 19.0 Å². The zero-order valence-electron chi connectivity index (χ0n) is 9.50. The quantitative estimate of drug-likeness (QED) is 0.732. The second kappa shape index (κ2) is 5.27. The Kier molecular flexibility index (Phi) is 4.26. The molecule has 0 radical (unpaired) electrons. The van der Waals surface area contributed by atoms with E-state index in [2.05, 4.69) is 9.17 Å². The molecule has 6 heteroatoms. The summed E-state index contributed by atoms with van der Waals surface area (Å²) in [6, 6.07) is 3.40. The molecule has 0 unspecified atom stereocenters. The van der Waals surface area contributed by atoms with Gasteiger partial charge in [-0.25, -0.2) is 4.98 Å². The van der Waals surface area contributed by atoms with Gasteiger partial charge in [0, 0.05) is 12.3 Å². The van der Waals surface area contributed by atoms with Crippen LogP contribution in [0.4, 0.5) is 0 Å². The summed E-state index contributed by atoms with van der Waals surface area (Å²) in [5, 5.41) is 0. The second-order valence-electron chi connectivity index (χ2n) is 3.64. The van der Waals surface area contributed by atoms with Crippen LogP contribution in [0.1, 0.15) is 19.4 Å². The van der Waals surface area contributed by atoms with Crippen molar-refractivity contribution in [3.05, 3.63) is 23.9 Å². The monoisotopic (exact) mass is 245 g/mol. The number of nitrogens with zero attached hydrogens (tertiary/aromatic N) is 1. The van der Waals surface area contributed by atoms with Crippen molar-refractivity contribution in [2.75, 3.05) is 6.26 Å². The zero-order valence-corrected chi connectivity index (χ0v) is 10.3. The Labute approximate surface area is 95.5 Å². The van der Waals surface area contributed by atoms with Crippen LogP contribution in [0.15, 0.2) is 18.3 Å². The Morgan fingerprint density at radius 1 is 1.38 bits per heavy atom. The molecule has 0 bridgehead atoms. The maximum Gasteiger partial charge on any atom is 0.264 e. The van der Waals surface area contributed by atoms with Gasteiger partial charge in [-0.3, -0.25) is 4.18 Å². The molecular weight excluding hydrogens is 230 g/mol. The number of pyridine rings is 1. The summed E-state index contributed by atoms with van der Waals surface area (Å²) in [5.41, 5.74) is 0.682. The van der Waals surface area contributed by atoms with Crippen molar-refractivity contribution < 1.29 is 17.3 Å². The van der Waals surface area contributed by atoms with Crippen molar-refractivity contribution >= 4 is 10.1 Å². The molecule has 5 nitrogen and oxygen atoms in total. The summed E-state index contributed by atoms with van der Waals surface area (Å²) >= 11 is 0. The van der Waals surface area contributed by atoms with E-state index in [0.717, 1.165) is 6.26 Å². The van der Waals surface area contributed by atoms with E-state index in [9.17, 15) is 8.42 Å². The third-order valence-corrected chi connectivity index (χ3v) is 2.14. The van der Waals surface area contributed by atoms with Crippen molar-refractivity contribution in [2.45, 2.75) is 26.6 Å². The summed E-state index contributed by atoms with van der Waals surface area (Å²) in [7, 11) is -3.41. The van der Waals surface area contributed by atoms with Crippen LogP contribution in [-0.2, 0) is 20.9 Å². The van der Waals surface area contributed by atoms with Gasteiger partial charge in [0.15, 0.2) is 0 Å². The van der Waals surface area contributed by atoms with Crippen molar-refractivity contribution in [3.63, 3.8) is 0 Å². The van der Waals surface area contributed by atoms with Crippen LogP contribution in [0.3, 0.4) is 0 Å². The molecule has 0 spiro atoms. The highest BCUT2D eigenvalue weighted by atomic mass is 32.2. The molecular formula is C10H15NO4S. The molecule has 0 aliphatic carbocycles. The van der Waals surface area contributed by atoms with Gasteiger partial charge in [0.1, 0.15) is 0 Å². The van der Waals surface area contributed by atoms with Gasteiger partial charge in [-0.15, -0.1) is 0 Å². The fraction of sp³-hybridized carbons (Fsp3) is 0.500. The first-order chi connectivity index (χ1) is 7.37. The number of hydrogen-bond donors (Lipinski definition) is 0. The lowest BCUT2D eigenvalue weighted by molar-refractivity contribution is 0.232. The third kappa shape index (κ3) is 5.09. The molecule has 0 atom stereocenters. The SMILES string of the molecule is CC(C)Oc1ccc(COS(C)(=O)=O)cn1. The molecule has 0 saturated carbocycles. The molecule has 0 amide bonds. The van der Waals surface area contributed by atoms with Crippen LogP contribution in [0.2, 0.25) is 0 Å². The van der Waals surface area contributed by atoms with E-state index in [1.165, 1.54) is 6.20 Å². The smallest absolute Gasteiger partial charge is 0.264 e. The normalized spacial score (nSPS) is 11.8. The summed E-state index contributed by atoms with van der Waals surface area (Å²) in [6.45, 7) is 3.80. The Morgan fingerprint density at radius 3 is 2.50 bits per heavy atom. The van der Waals surface area contributed by atoms with Gasteiger partial charge in [-0.2, -0.15) is 8.42 Å². The van der Waals surface area contributed by atoms with E-state index in [-0.39, 0.29) is 12.7 Å². The molecule has 1 heterocycles. The van der Waals surface area contributed by atoms with E-state index in [4.69, 9.17) is 4.74 Å². The lowest BCUT2D eigenvalue weighted by atomic mass is 10.3. The van der Waals surface area contributed by atoms with Crippen molar-refractivity contribution in [1.29, 1.82) is 0 Å². The Hall–Kier alpha value is -1.14. The first-order valence-corrected chi connectivity index (χ1v) is 6.64. The second-order valence-corrected chi connectivity index (χ2v) is 5.28. The van der Waals surface area contributed by atoms with Gasteiger partial charge >= 0.3 is 0 Å². The van der Waals surface area contributed by atoms with E-state index >= 15 is 0 Å². The van der Waals surface area contributed by atoms with Crippen molar-refractivity contribution in [1.82, 2.24) is 4.98 Å². The van der Waals surface area contributed by atoms with Crippen LogP contribution in [0.25, 0.3) is 0 Å². The fourth-order valence-electron chi connectivity index (χ4n) is 0.983. The van der Waals surface area contributed by atoms with E-state index in [1.807, 2.05) is 13.8 Å². The predicted molar refractivity (Wildman–Crippen MR) is 59.6 cm³/mol. The van der Waals surface area contributed by atoms with Crippen LogP contribution in [-0.4, -0.2) is 25.8 Å². The minimum absolute atomic E-state index is 0.00616. The molecule has 0 N–H and O–H groups in total. The molecule has 0 fully saturated rings. The van der Waals surface area contributed by atoms with Gasteiger partial charge in [0.25, 0.3) is 10.1 Å². The minimum Gasteiger partial charge on any atom is -0.475 e. The van der Waals surface area contributed by atoms with Crippen molar-refractivity contribution in [2.24, 2.45) is 0 Å². The summed E-state index contributed by atoms with van der Waals surface area (Å²) in [5.74, 6) is 0.512. The summed E-state index contributed by atoms with van der Waals surface area (Å²) in [6.07, 6.45) is 2.60. The van der Waals surface area contributed by atoms with E-state index in [0.29, 0.717) is 11.4 Å². The maximum atomic E-state index is 10.7. The van der Waals surface area contributed by atoms with Gasteiger partial charge < -0.3 is 4.74 Å². The Bertz CT molecular complexity index is 425. The molecule has 16 heavy (non-hydrogen) atoms. The van der Waals surface area contributed by atoms with Crippen LogP contribution in [0.5, 0.6) is 5.88 Å². The lowest BCUT2D eigenvalue weighted by Gasteiger charge is -2.08. The number of aromatic nitrogens is 1. The molecule has 0 saturated heterocycles. The fourth-order valence-corrected chi connectivity index (χ4v) is 1.33. The predicted octanol–water partition coefficient (Wildman–Crippen LogP) is 1.34. The molecule has 90 valence electrons. The largest absolute Gasteiger partial charge is 0.475 e. The highest BCUT2D eigenvalue weighted by molar-refractivity contribution is 7.85. The first kappa shape index (κ1) is 12.9. The molecule has 0 aliphatic heterocycles. The molecule has 1 aromatic rings. The molecule has 0 aliphatic rings. The lowest BCUT2D eigenvalue weighted by Crippen LogP contribution is -2.07. The van der Waals surface area contributed by atoms with E-state index < -0.39 is 10.1 Å². The van der Waals surface area contributed by atoms with E-state index in [1.54, 1.807) is 12.1 Å². The molecule has 0 aromatic carbocycles. The average Bonchev–Trinajstić information content (AvgIpc) is 2.14. The average molecular weight is 245 g/mol. The van der Waals surface area contributed by atoms with Crippen LogP contribution >= 0.6 is 0 Å². The third-order valence-electron chi connectivity index (χ3n) is 1.59. The number of hydrogen-bond acceptors (Lipinski definition) is 5. The summed E-state index contributed by atoms with van der Waals surface area (Å²) < 4.78 is 31.5. The Balaban J connectivity index is 2.58. The zero-order chi connectivity index (χ0) is 12.2. The highest BCUT2D eigenvalue weighted by Crippen LogP contribution is 2.10. The standard InChI is InChI=1S/C10H15NO4S/c1-8(2)15-10-5-4-9(6-11-10)7-14-16(3,12)13/h4-6,8H,7H2,1-3H3. The number of ether oxygens (including phenoxy) is 1.